The zero-order chi connectivity index (χ0) is 30.9. The summed E-state index contributed by atoms with van der Waals surface area (Å²) in [5.41, 5.74) is 0. The number of rotatable bonds is 13. The van der Waals surface area contributed by atoms with E-state index in [9.17, 15) is 14.7 Å². The molecule has 11 heteroatoms. The van der Waals surface area contributed by atoms with Crippen molar-refractivity contribution in [2.24, 2.45) is 41.4 Å². The molecule has 1 aliphatic heterocycles. The molecule has 1 heterocycles. The maximum absolute atomic E-state index is 12.2. The molecule has 4 rings (SSSR count). The lowest BCUT2D eigenvalue weighted by Gasteiger charge is -2.52. The van der Waals surface area contributed by atoms with Gasteiger partial charge < -0.3 is 15.2 Å². The van der Waals surface area contributed by atoms with Gasteiger partial charge in [-0.15, -0.1) is 0 Å². The van der Waals surface area contributed by atoms with Gasteiger partial charge in [-0.1, -0.05) is 45.6 Å². The van der Waals surface area contributed by atoms with Gasteiger partial charge in [-0.2, -0.15) is 4.89 Å². The minimum Gasteiger partial charge on any atom is -0.393 e. The Kier molecular flexibility index (Phi) is 13.7. The summed E-state index contributed by atoms with van der Waals surface area (Å²) in [6, 6.07) is 0. The number of carbonyl (C=O) groups is 2. The number of aliphatic hydroxyl groups excluding tert-OH is 1. The molecule has 3 aliphatic carbocycles. The van der Waals surface area contributed by atoms with E-state index in [1.165, 1.54) is 45.4 Å². The molecule has 11 atom stereocenters. The average molecular weight is 611 g/mol. The molecule has 5 N–H and O–H groups in total. The Morgan fingerprint density at radius 1 is 0.744 bits per heavy atom. The topological polar surface area (TPSA) is 139 Å². The van der Waals surface area contributed by atoms with E-state index >= 15 is 0 Å². The highest BCUT2D eigenvalue weighted by atomic mass is 17.5. The highest BCUT2D eigenvalue weighted by molar-refractivity contribution is 5.77. The molecular formula is C32H58N4O7. The van der Waals surface area contributed by atoms with Crippen LogP contribution in [0.5, 0.6) is 0 Å². The van der Waals surface area contributed by atoms with Crippen LogP contribution in [0.4, 0.5) is 0 Å². The zero-order valence-electron chi connectivity index (χ0n) is 27.0. The third-order valence-electron chi connectivity index (χ3n) is 10.5. The van der Waals surface area contributed by atoms with Gasteiger partial charge in [0.15, 0.2) is 5.78 Å². The monoisotopic (exact) mass is 610 g/mol. The number of hydrogen-bond donors (Lipinski definition) is 5. The zero-order valence-corrected chi connectivity index (χ0v) is 27.0. The molecule has 4 aliphatic rings. The standard InChI is InChI=1S/C32H58N4O7/c1-19-6-9-25(21(3)14-19)30-34-31(26-10-7-20(2)15-22(26)4)36-32(35-30)27-11-8-24(16-28(27)38)40-18-29(39)33-12-13-41-43-42-17-23(5)37/h19-22,24-28,30-32,34-36,38H,6-18H2,1-5H3,(H,33,39). The number of ketones is 1. The minimum atomic E-state index is -0.514. The first kappa shape index (κ1) is 34.7. The van der Waals surface area contributed by atoms with Crippen molar-refractivity contribution in [3.05, 3.63) is 0 Å². The predicted octanol–water partition coefficient (Wildman–Crippen LogP) is 3.02. The summed E-state index contributed by atoms with van der Waals surface area (Å²) in [7, 11) is 0. The molecule has 1 amide bonds. The van der Waals surface area contributed by atoms with E-state index in [4.69, 9.17) is 9.62 Å². The van der Waals surface area contributed by atoms with Crippen LogP contribution in [-0.4, -0.2) is 73.9 Å². The summed E-state index contributed by atoms with van der Waals surface area (Å²) in [5.74, 6) is 3.72. The Bertz CT molecular complexity index is 847. The van der Waals surface area contributed by atoms with Crippen molar-refractivity contribution in [2.45, 2.75) is 123 Å². The second kappa shape index (κ2) is 16.9. The molecule has 4 fully saturated rings. The Labute approximate surface area is 258 Å². The van der Waals surface area contributed by atoms with Crippen LogP contribution < -0.4 is 21.3 Å². The molecule has 0 radical (unpaired) electrons. The van der Waals surface area contributed by atoms with Crippen molar-refractivity contribution < 1.29 is 34.2 Å². The van der Waals surface area contributed by atoms with Crippen LogP contribution in [0.2, 0.25) is 0 Å². The van der Waals surface area contributed by atoms with E-state index in [1.807, 2.05) is 0 Å². The van der Waals surface area contributed by atoms with E-state index in [0.717, 1.165) is 24.7 Å². The molecule has 0 aromatic heterocycles. The predicted molar refractivity (Wildman–Crippen MR) is 162 cm³/mol. The van der Waals surface area contributed by atoms with E-state index in [0.29, 0.717) is 30.1 Å². The van der Waals surface area contributed by atoms with Crippen LogP contribution in [0, 0.1) is 41.4 Å². The smallest absolute Gasteiger partial charge is 0.246 e. The first-order valence-corrected chi connectivity index (χ1v) is 16.9. The van der Waals surface area contributed by atoms with Crippen molar-refractivity contribution in [1.82, 2.24) is 21.3 Å². The number of aliphatic hydroxyl groups is 1. The lowest BCUT2D eigenvalue weighted by atomic mass is 9.71. The highest BCUT2D eigenvalue weighted by Gasteiger charge is 2.45. The molecule has 0 aromatic carbocycles. The van der Waals surface area contributed by atoms with Gasteiger partial charge in [-0.25, -0.2) is 4.89 Å². The highest BCUT2D eigenvalue weighted by Crippen LogP contribution is 2.40. The van der Waals surface area contributed by atoms with Crippen molar-refractivity contribution in [1.29, 1.82) is 0 Å². The van der Waals surface area contributed by atoms with Crippen molar-refractivity contribution in [3.8, 4) is 0 Å². The lowest BCUT2D eigenvalue weighted by molar-refractivity contribution is -0.507. The van der Waals surface area contributed by atoms with E-state index in [-0.39, 0.29) is 68.6 Å². The first-order valence-electron chi connectivity index (χ1n) is 16.9. The molecule has 0 spiro atoms. The fourth-order valence-electron chi connectivity index (χ4n) is 8.16. The number of amides is 1. The number of carbonyl (C=O) groups excluding carboxylic acids is 2. The number of hydrogen-bond acceptors (Lipinski definition) is 10. The average Bonchev–Trinajstić information content (AvgIpc) is 2.95. The molecule has 43 heavy (non-hydrogen) atoms. The first-order chi connectivity index (χ1) is 20.6. The largest absolute Gasteiger partial charge is 0.393 e. The molecule has 11 nitrogen and oxygen atoms in total. The molecule has 248 valence electrons. The molecule has 3 saturated carbocycles. The Hall–Kier alpha value is -1.18. The Morgan fingerprint density at radius 2 is 1.30 bits per heavy atom. The van der Waals surface area contributed by atoms with Gasteiger partial charge in [0.1, 0.15) is 19.8 Å². The third-order valence-corrected chi connectivity index (χ3v) is 10.5. The normalized spacial score (nSPS) is 40.6. The lowest BCUT2D eigenvalue weighted by Crippen LogP contribution is -2.74. The second-order valence-electron chi connectivity index (χ2n) is 14.2. The van der Waals surface area contributed by atoms with Crippen LogP contribution in [0.25, 0.3) is 0 Å². The summed E-state index contributed by atoms with van der Waals surface area (Å²) in [6.07, 6.45) is 9.58. The van der Waals surface area contributed by atoms with Crippen LogP contribution in [0.3, 0.4) is 0 Å². The van der Waals surface area contributed by atoms with Crippen molar-refractivity contribution >= 4 is 11.7 Å². The van der Waals surface area contributed by atoms with Gasteiger partial charge in [0.25, 0.3) is 0 Å². The van der Waals surface area contributed by atoms with Gasteiger partial charge in [-0.05, 0) is 87.4 Å². The molecule has 1 saturated heterocycles. The SMILES string of the molecule is CC(=O)COOOCCNC(=O)COC1CCC(C2NC(C3CCC(C)CC3C)NC(C3CCC(C)CC3C)N2)C(O)C1. The van der Waals surface area contributed by atoms with Gasteiger partial charge in [0, 0.05) is 12.5 Å². The maximum atomic E-state index is 12.2. The van der Waals surface area contributed by atoms with E-state index in [2.05, 4.69) is 58.9 Å². The summed E-state index contributed by atoms with van der Waals surface area (Å²) in [4.78, 5) is 32.3. The number of ether oxygens (including phenoxy) is 1. The van der Waals surface area contributed by atoms with Crippen molar-refractivity contribution in [2.75, 3.05) is 26.4 Å². The minimum absolute atomic E-state index is 0.0373. The molecule has 0 bridgehead atoms. The van der Waals surface area contributed by atoms with Gasteiger partial charge in [-0.3, -0.25) is 25.5 Å². The van der Waals surface area contributed by atoms with Gasteiger partial charge in [0.2, 0.25) is 5.91 Å². The van der Waals surface area contributed by atoms with Crippen molar-refractivity contribution in [3.63, 3.8) is 0 Å². The fourth-order valence-corrected chi connectivity index (χ4v) is 8.16. The van der Waals surface area contributed by atoms with E-state index in [1.54, 1.807) is 0 Å². The Balaban J connectivity index is 1.26. The maximum Gasteiger partial charge on any atom is 0.246 e. The van der Waals surface area contributed by atoms with Crippen LogP contribution in [-0.2, 0) is 29.1 Å². The van der Waals surface area contributed by atoms with Gasteiger partial charge in [0.05, 0.1) is 30.7 Å². The molecular weight excluding hydrogens is 552 g/mol. The number of Topliss-reactive ketones (excluding diaryl/α,β-unsaturated/α-hetero) is 1. The quantitative estimate of drug-likeness (QED) is 0.120. The van der Waals surface area contributed by atoms with E-state index < -0.39 is 6.10 Å². The molecule has 11 unspecified atom stereocenters. The fraction of sp³-hybridized carbons (Fsp3) is 0.938. The third kappa shape index (κ3) is 10.4. The summed E-state index contributed by atoms with van der Waals surface area (Å²) >= 11 is 0. The second-order valence-corrected chi connectivity index (χ2v) is 14.2. The summed E-state index contributed by atoms with van der Waals surface area (Å²) in [6.45, 7) is 11.0. The van der Waals surface area contributed by atoms with Crippen LogP contribution >= 0.6 is 0 Å². The Morgan fingerprint density at radius 3 is 1.84 bits per heavy atom. The van der Waals surface area contributed by atoms with Gasteiger partial charge >= 0.3 is 0 Å². The molecule has 0 aromatic rings. The van der Waals surface area contributed by atoms with Crippen LogP contribution in [0.1, 0.15) is 92.4 Å². The number of nitrogens with one attached hydrogen (secondary N) is 4. The van der Waals surface area contributed by atoms with Crippen LogP contribution in [0.15, 0.2) is 0 Å². The summed E-state index contributed by atoms with van der Waals surface area (Å²) in [5, 5.41) is 30.4. The summed E-state index contributed by atoms with van der Waals surface area (Å²) < 4.78 is 5.89.